The van der Waals surface area contributed by atoms with Gasteiger partial charge in [0.15, 0.2) is 11.6 Å². The average Bonchev–Trinajstić information content (AvgIpc) is 2.25. The SMILES string of the molecule is Nc1nccnc1NCCCCCCO. The topological polar surface area (TPSA) is 84.1 Å². The van der Waals surface area contributed by atoms with Crippen molar-refractivity contribution in [3.8, 4) is 0 Å². The Hall–Kier alpha value is -1.36. The van der Waals surface area contributed by atoms with E-state index in [1.807, 2.05) is 0 Å². The number of anilines is 2. The Morgan fingerprint density at radius 1 is 1.13 bits per heavy atom. The average molecular weight is 210 g/mol. The summed E-state index contributed by atoms with van der Waals surface area (Å²) in [6.07, 6.45) is 7.29. The van der Waals surface area contributed by atoms with E-state index in [4.69, 9.17) is 10.8 Å². The largest absolute Gasteiger partial charge is 0.396 e. The molecule has 1 aromatic rings. The number of nitrogens with zero attached hydrogens (tertiary/aromatic N) is 2. The van der Waals surface area contributed by atoms with E-state index < -0.39 is 0 Å². The van der Waals surface area contributed by atoms with Gasteiger partial charge in [0, 0.05) is 25.5 Å². The van der Waals surface area contributed by atoms with Crippen LogP contribution in [-0.4, -0.2) is 28.2 Å². The Balaban J connectivity index is 2.12. The molecule has 1 heterocycles. The van der Waals surface area contributed by atoms with Crippen molar-refractivity contribution in [3.05, 3.63) is 12.4 Å². The molecule has 0 saturated heterocycles. The summed E-state index contributed by atoms with van der Waals surface area (Å²) in [7, 11) is 0. The Kier molecular flexibility index (Phi) is 5.47. The van der Waals surface area contributed by atoms with Gasteiger partial charge in [0.2, 0.25) is 0 Å². The molecule has 0 unspecified atom stereocenters. The second-order valence-corrected chi connectivity index (χ2v) is 3.35. The molecule has 0 spiro atoms. The molecule has 0 fully saturated rings. The first kappa shape index (κ1) is 11.7. The van der Waals surface area contributed by atoms with Crippen LogP contribution in [0.5, 0.6) is 0 Å². The van der Waals surface area contributed by atoms with E-state index in [0.29, 0.717) is 11.6 Å². The maximum Gasteiger partial charge on any atom is 0.168 e. The fourth-order valence-electron chi connectivity index (χ4n) is 1.28. The Morgan fingerprint density at radius 2 is 1.87 bits per heavy atom. The number of hydrogen-bond donors (Lipinski definition) is 3. The maximum absolute atomic E-state index is 8.59. The highest BCUT2D eigenvalue weighted by atomic mass is 16.2. The molecule has 0 aliphatic heterocycles. The molecule has 0 radical (unpaired) electrons. The summed E-state index contributed by atoms with van der Waals surface area (Å²) in [5, 5.41) is 11.7. The fourth-order valence-corrected chi connectivity index (χ4v) is 1.28. The molecule has 0 saturated carbocycles. The number of unbranched alkanes of at least 4 members (excludes halogenated alkanes) is 3. The number of aromatic nitrogens is 2. The predicted molar refractivity (Wildman–Crippen MR) is 60.5 cm³/mol. The van der Waals surface area contributed by atoms with Crippen LogP contribution in [0, 0.1) is 0 Å². The van der Waals surface area contributed by atoms with E-state index in [1.54, 1.807) is 12.4 Å². The van der Waals surface area contributed by atoms with Crippen LogP contribution in [0.3, 0.4) is 0 Å². The standard InChI is InChI=1S/C10H18N4O/c11-9-10(14-7-6-12-9)13-5-3-1-2-4-8-15/h6-7,15H,1-5,8H2,(H2,11,12)(H,13,14). The Morgan fingerprint density at radius 3 is 2.60 bits per heavy atom. The van der Waals surface area contributed by atoms with Gasteiger partial charge in [-0.15, -0.1) is 0 Å². The van der Waals surface area contributed by atoms with Gasteiger partial charge in [0.25, 0.3) is 0 Å². The highest BCUT2D eigenvalue weighted by Crippen LogP contribution is 2.09. The summed E-state index contributed by atoms with van der Waals surface area (Å²) < 4.78 is 0. The van der Waals surface area contributed by atoms with Crippen molar-refractivity contribution in [2.24, 2.45) is 0 Å². The van der Waals surface area contributed by atoms with Gasteiger partial charge in [-0.2, -0.15) is 0 Å². The first-order valence-electron chi connectivity index (χ1n) is 5.26. The van der Waals surface area contributed by atoms with Gasteiger partial charge < -0.3 is 16.2 Å². The molecule has 5 heteroatoms. The number of aliphatic hydroxyl groups is 1. The third-order valence-electron chi connectivity index (χ3n) is 2.10. The van der Waals surface area contributed by atoms with E-state index in [0.717, 1.165) is 32.2 Å². The minimum atomic E-state index is 0.282. The molecule has 0 aromatic carbocycles. The lowest BCUT2D eigenvalue weighted by Crippen LogP contribution is -2.07. The quantitative estimate of drug-likeness (QED) is 0.585. The van der Waals surface area contributed by atoms with E-state index in [-0.39, 0.29) is 6.61 Å². The molecule has 0 aliphatic rings. The first-order valence-corrected chi connectivity index (χ1v) is 5.26. The van der Waals surface area contributed by atoms with Crippen molar-refractivity contribution in [2.75, 3.05) is 24.2 Å². The Labute approximate surface area is 89.7 Å². The highest BCUT2D eigenvalue weighted by molar-refractivity contribution is 5.54. The van der Waals surface area contributed by atoms with Crippen LogP contribution < -0.4 is 11.1 Å². The molecule has 0 atom stereocenters. The Bertz CT molecular complexity index is 280. The van der Waals surface area contributed by atoms with Crippen LogP contribution in [0.4, 0.5) is 11.6 Å². The maximum atomic E-state index is 8.59. The summed E-state index contributed by atoms with van der Waals surface area (Å²) in [6.45, 7) is 1.12. The summed E-state index contributed by atoms with van der Waals surface area (Å²) in [4.78, 5) is 8.00. The summed E-state index contributed by atoms with van der Waals surface area (Å²) in [5.74, 6) is 1.09. The number of nitrogen functional groups attached to an aromatic ring is 1. The normalized spacial score (nSPS) is 10.2. The van der Waals surface area contributed by atoms with Gasteiger partial charge in [-0.05, 0) is 12.8 Å². The van der Waals surface area contributed by atoms with Crippen molar-refractivity contribution in [1.82, 2.24) is 9.97 Å². The number of rotatable bonds is 7. The smallest absolute Gasteiger partial charge is 0.168 e. The lowest BCUT2D eigenvalue weighted by atomic mass is 10.2. The van der Waals surface area contributed by atoms with Crippen LogP contribution >= 0.6 is 0 Å². The summed E-state index contributed by atoms with van der Waals surface area (Å²) in [5.41, 5.74) is 5.61. The highest BCUT2D eigenvalue weighted by Gasteiger charge is 1.98. The number of aliphatic hydroxyl groups excluding tert-OH is 1. The van der Waals surface area contributed by atoms with Gasteiger partial charge in [0.1, 0.15) is 0 Å². The van der Waals surface area contributed by atoms with E-state index >= 15 is 0 Å². The predicted octanol–water partition coefficient (Wildman–Crippen LogP) is 1.02. The third kappa shape index (κ3) is 4.60. The molecule has 15 heavy (non-hydrogen) atoms. The third-order valence-corrected chi connectivity index (χ3v) is 2.10. The molecule has 0 amide bonds. The second-order valence-electron chi connectivity index (χ2n) is 3.35. The minimum absolute atomic E-state index is 0.282. The van der Waals surface area contributed by atoms with Gasteiger partial charge in [-0.3, -0.25) is 0 Å². The monoisotopic (exact) mass is 210 g/mol. The zero-order valence-electron chi connectivity index (χ0n) is 8.82. The number of hydrogen-bond acceptors (Lipinski definition) is 5. The van der Waals surface area contributed by atoms with Crippen LogP contribution in [0.25, 0.3) is 0 Å². The van der Waals surface area contributed by atoms with Gasteiger partial charge in [0.05, 0.1) is 0 Å². The van der Waals surface area contributed by atoms with Crippen LogP contribution in [0.15, 0.2) is 12.4 Å². The van der Waals surface area contributed by atoms with Crippen LogP contribution in [-0.2, 0) is 0 Å². The van der Waals surface area contributed by atoms with Crippen molar-refractivity contribution in [3.63, 3.8) is 0 Å². The molecule has 4 N–H and O–H groups in total. The molecular weight excluding hydrogens is 192 g/mol. The molecule has 0 aliphatic carbocycles. The lowest BCUT2D eigenvalue weighted by Gasteiger charge is -2.06. The summed E-state index contributed by atoms with van der Waals surface area (Å²) >= 11 is 0. The van der Waals surface area contributed by atoms with Gasteiger partial charge in [-0.25, -0.2) is 9.97 Å². The van der Waals surface area contributed by atoms with Crippen molar-refractivity contribution in [2.45, 2.75) is 25.7 Å². The van der Waals surface area contributed by atoms with E-state index in [1.165, 1.54) is 0 Å². The molecule has 5 nitrogen and oxygen atoms in total. The molecule has 0 bridgehead atoms. The number of nitrogens with one attached hydrogen (secondary N) is 1. The lowest BCUT2D eigenvalue weighted by molar-refractivity contribution is 0.283. The van der Waals surface area contributed by atoms with Crippen molar-refractivity contribution >= 4 is 11.6 Å². The van der Waals surface area contributed by atoms with E-state index in [9.17, 15) is 0 Å². The van der Waals surface area contributed by atoms with Crippen LogP contribution in [0.1, 0.15) is 25.7 Å². The molecule has 1 aromatic heterocycles. The second kappa shape index (κ2) is 7.00. The van der Waals surface area contributed by atoms with Crippen molar-refractivity contribution in [1.29, 1.82) is 0 Å². The number of nitrogens with two attached hydrogens (primary N) is 1. The fraction of sp³-hybridized carbons (Fsp3) is 0.600. The first-order chi connectivity index (χ1) is 7.34. The van der Waals surface area contributed by atoms with Crippen LogP contribution in [0.2, 0.25) is 0 Å². The molecule has 1 rings (SSSR count). The van der Waals surface area contributed by atoms with Gasteiger partial charge in [-0.1, -0.05) is 12.8 Å². The minimum Gasteiger partial charge on any atom is -0.396 e. The van der Waals surface area contributed by atoms with Gasteiger partial charge >= 0.3 is 0 Å². The zero-order chi connectivity index (χ0) is 10.9. The zero-order valence-corrected chi connectivity index (χ0v) is 8.82. The van der Waals surface area contributed by atoms with E-state index in [2.05, 4.69) is 15.3 Å². The van der Waals surface area contributed by atoms with Crippen molar-refractivity contribution < 1.29 is 5.11 Å². The summed E-state index contributed by atoms with van der Waals surface area (Å²) in [6, 6.07) is 0. The molecule has 84 valence electrons. The molecular formula is C10H18N4O.